The van der Waals surface area contributed by atoms with Crippen LogP contribution in [0.5, 0.6) is 11.6 Å². The Balaban J connectivity index is 1.61. The minimum absolute atomic E-state index is 0.0627. The summed E-state index contributed by atoms with van der Waals surface area (Å²) in [7, 11) is 0. The highest BCUT2D eigenvalue weighted by Crippen LogP contribution is 2.36. The van der Waals surface area contributed by atoms with E-state index in [1.807, 2.05) is 20.8 Å². The fraction of sp³-hybridized carbons (Fsp3) is 0.292. The largest absolute Gasteiger partial charge is 0.439 e. The number of urea groups is 1. The summed E-state index contributed by atoms with van der Waals surface area (Å²) in [5.74, 6) is 0.986. The Morgan fingerprint density at radius 3 is 2.31 bits per heavy atom. The van der Waals surface area contributed by atoms with Crippen molar-refractivity contribution >= 4 is 35.0 Å². The molecule has 0 spiro atoms. The van der Waals surface area contributed by atoms with Crippen molar-refractivity contribution in [1.29, 1.82) is 0 Å². The van der Waals surface area contributed by atoms with Crippen LogP contribution in [-0.4, -0.2) is 33.8 Å². The van der Waals surface area contributed by atoms with Crippen molar-refractivity contribution in [3.8, 4) is 11.6 Å². The van der Waals surface area contributed by atoms with Crippen LogP contribution in [0.2, 0.25) is 5.02 Å². The topological polar surface area (TPSA) is 108 Å². The van der Waals surface area contributed by atoms with Crippen LogP contribution in [0, 0.1) is 5.41 Å². The van der Waals surface area contributed by atoms with Crippen molar-refractivity contribution < 1.29 is 27.8 Å². The van der Waals surface area contributed by atoms with Gasteiger partial charge in [0.15, 0.2) is 0 Å². The first-order valence-electron chi connectivity index (χ1n) is 10.8. The lowest BCUT2D eigenvalue weighted by Crippen LogP contribution is -2.37. The zero-order valence-corrected chi connectivity index (χ0v) is 20.4. The van der Waals surface area contributed by atoms with E-state index in [9.17, 15) is 23.1 Å². The molecule has 0 saturated heterocycles. The number of ether oxygens (including phenoxy) is 1. The summed E-state index contributed by atoms with van der Waals surface area (Å²) in [5.41, 5.74) is -0.951. The Kier molecular flexibility index (Phi) is 8.26. The molecule has 36 heavy (non-hydrogen) atoms. The number of aliphatic hydroxyl groups excluding tert-OH is 1. The lowest BCUT2D eigenvalue weighted by Gasteiger charge is -2.29. The van der Waals surface area contributed by atoms with Gasteiger partial charge in [-0.3, -0.25) is 0 Å². The summed E-state index contributed by atoms with van der Waals surface area (Å²) in [6.07, 6.45) is -3.13. The maximum absolute atomic E-state index is 13.0. The monoisotopic (exact) mass is 523 g/mol. The average molecular weight is 524 g/mol. The number of hydrogen-bond acceptors (Lipinski definition) is 6. The maximum atomic E-state index is 13.0. The third-order valence-electron chi connectivity index (χ3n) is 5.03. The number of rotatable bonds is 7. The summed E-state index contributed by atoms with van der Waals surface area (Å²) >= 11 is 5.59. The van der Waals surface area contributed by atoms with Gasteiger partial charge in [-0.15, -0.1) is 0 Å². The predicted octanol–water partition coefficient (Wildman–Crippen LogP) is 6.40. The molecule has 1 atom stereocenters. The lowest BCUT2D eigenvalue weighted by molar-refractivity contribution is -0.137. The van der Waals surface area contributed by atoms with Gasteiger partial charge in [0, 0.05) is 23.6 Å². The number of nitrogens with zero attached hydrogens (tertiary/aromatic N) is 2. The SMILES string of the molecule is CC(C)(C)[C@@H](CO)Nc1nccc(Oc2ccc(NC(=O)Nc3ccc(Cl)c(C(F)(F)F)c3)cc2)n1. The fourth-order valence-corrected chi connectivity index (χ4v) is 3.23. The van der Waals surface area contributed by atoms with Crippen LogP contribution in [0.25, 0.3) is 0 Å². The minimum atomic E-state index is -4.64. The van der Waals surface area contributed by atoms with Gasteiger partial charge < -0.3 is 25.8 Å². The Morgan fingerprint density at radius 2 is 1.69 bits per heavy atom. The van der Waals surface area contributed by atoms with Crippen molar-refractivity contribution in [1.82, 2.24) is 9.97 Å². The summed E-state index contributed by atoms with van der Waals surface area (Å²) in [5, 5.41) is 17.1. The standard InChI is InChI=1S/C24H25ClF3N5O3/c1-23(2,3)19(13-34)32-21-29-11-10-20(33-21)36-16-7-4-14(5-8-16)30-22(35)31-15-6-9-18(25)17(12-15)24(26,27)28/h4-12,19,34H,13H2,1-3H3,(H,29,32,33)(H2,30,31,35)/t19-/m1/s1. The van der Waals surface area contributed by atoms with Crippen molar-refractivity contribution in [3.63, 3.8) is 0 Å². The predicted molar refractivity (Wildman–Crippen MR) is 132 cm³/mol. The fourth-order valence-electron chi connectivity index (χ4n) is 3.00. The second kappa shape index (κ2) is 11.0. The molecular weight excluding hydrogens is 499 g/mol. The van der Waals surface area contributed by atoms with E-state index in [1.54, 1.807) is 30.3 Å². The van der Waals surface area contributed by atoms with Crippen LogP contribution >= 0.6 is 11.6 Å². The summed E-state index contributed by atoms with van der Waals surface area (Å²) in [6.45, 7) is 5.84. The zero-order valence-electron chi connectivity index (χ0n) is 19.7. The quantitative estimate of drug-likeness (QED) is 0.285. The first-order valence-corrected chi connectivity index (χ1v) is 11.2. The maximum Gasteiger partial charge on any atom is 0.417 e. The van der Waals surface area contributed by atoms with Gasteiger partial charge in [-0.1, -0.05) is 32.4 Å². The molecule has 192 valence electrons. The number of benzene rings is 2. The molecule has 8 nitrogen and oxygen atoms in total. The van der Waals surface area contributed by atoms with Crippen molar-refractivity contribution in [2.24, 2.45) is 5.41 Å². The van der Waals surface area contributed by atoms with E-state index in [0.29, 0.717) is 17.4 Å². The van der Waals surface area contributed by atoms with Gasteiger partial charge in [0.1, 0.15) is 5.75 Å². The molecule has 0 bridgehead atoms. The van der Waals surface area contributed by atoms with E-state index < -0.39 is 22.8 Å². The first kappa shape index (κ1) is 27.0. The van der Waals surface area contributed by atoms with E-state index in [1.165, 1.54) is 12.3 Å². The molecule has 1 heterocycles. The van der Waals surface area contributed by atoms with E-state index in [4.69, 9.17) is 16.3 Å². The van der Waals surface area contributed by atoms with Crippen molar-refractivity contribution in [2.45, 2.75) is 33.0 Å². The molecular formula is C24H25ClF3N5O3. The van der Waals surface area contributed by atoms with Crippen molar-refractivity contribution in [3.05, 3.63) is 65.3 Å². The smallest absolute Gasteiger partial charge is 0.417 e. The summed E-state index contributed by atoms with van der Waals surface area (Å²) in [4.78, 5) is 20.7. The molecule has 0 aliphatic rings. The molecule has 4 N–H and O–H groups in total. The molecule has 1 aromatic heterocycles. The van der Waals surface area contributed by atoms with Gasteiger partial charge in [-0.2, -0.15) is 18.2 Å². The Bertz CT molecular complexity index is 1200. The molecule has 0 fully saturated rings. The van der Waals surface area contributed by atoms with Gasteiger partial charge in [0.2, 0.25) is 11.8 Å². The van der Waals surface area contributed by atoms with E-state index >= 15 is 0 Å². The van der Waals surface area contributed by atoms with Crippen LogP contribution in [0.4, 0.5) is 35.3 Å². The number of aromatic nitrogens is 2. The molecule has 0 saturated carbocycles. The van der Waals surface area contributed by atoms with Gasteiger partial charge in [-0.05, 0) is 47.9 Å². The van der Waals surface area contributed by atoms with Crippen LogP contribution < -0.4 is 20.7 Å². The van der Waals surface area contributed by atoms with Crippen LogP contribution in [0.3, 0.4) is 0 Å². The minimum Gasteiger partial charge on any atom is -0.439 e. The number of halogens is 4. The molecule has 0 aliphatic heterocycles. The number of carbonyl (C=O) groups excluding carboxylic acids is 1. The molecule has 3 rings (SSSR count). The van der Waals surface area contributed by atoms with E-state index in [0.717, 1.165) is 12.1 Å². The molecule has 12 heteroatoms. The van der Waals surface area contributed by atoms with Crippen LogP contribution in [-0.2, 0) is 6.18 Å². The molecule has 0 unspecified atom stereocenters. The number of aliphatic hydroxyl groups is 1. The summed E-state index contributed by atoms with van der Waals surface area (Å²) in [6, 6.07) is 9.93. The number of carbonyl (C=O) groups is 1. The number of amides is 2. The lowest BCUT2D eigenvalue weighted by atomic mass is 9.87. The zero-order chi connectivity index (χ0) is 26.5. The number of hydrogen-bond donors (Lipinski definition) is 4. The average Bonchev–Trinajstić information content (AvgIpc) is 2.79. The van der Waals surface area contributed by atoms with Crippen molar-refractivity contribution in [2.75, 3.05) is 22.6 Å². The van der Waals surface area contributed by atoms with Gasteiger partial charge in [0.25, 0.3) is 0 Å². The van der Waals surface area contributed by atoms with Crippen LogP contribution in [0.15, 0.2) is 54.7 Å². The molecule has 3 aromatic rings. The van der Waals surface area contributed by atoms with Crippen LogP contribution in [0.1, 0.15) is 26.3 Å². The second-order valence-electron chi connectivity index (χ2n) is 8.86. The Hall–Kier alpha value is -3.57. The molecule has 2 aromatic carbocycles. The molecule has 2 amide bonds. The number of alkyl halides is 3. The van der Waals surface area contributed by atoms with Gasteiger partial charge in [0.05, 0.1) is 23.2 Å². The van der Waals surface area contributed by atoms with Gasteiger partial charge in [-0.25, -0.2) is 9.78 Å². The molecule has 0 aliphatic carbocycles. The highest BCUT2D eigenvalue weighted by atomic mass is 35.5. The van der Waals surface area contributed by atoms with E-state index in [2.05, 4.69) is 25.9 Å². The highest BCUT2D eigenvalue weighted by molar-refractivity contribution is 6.31. The van der Waals surface area contributed by atoms with Gasteiger partial charge >= 0.3 is 12.2 Å². The highest BCUT2D eigenvalue weighted by Gasteiger charge is 2.33. The third-order valence-corrected chi connectivity index (χ3v) is 5.36. The second-order valence-corrected chi connectivity index (χ2v) is 9.27. The number of nitrogens with one attached hydrogen (secondary N) is 3. The van der Waals surface area contributed by atoms with E-state index in [-0.39, 0.29) is 29.6 Å². The molecule has 0 radical (unpaired) electrons. The Morgan fingerprint density at radius 1 is 1.06 bits per heavy atom. The number of anilines is 3. The normalized spacial score (nSPS) is 12.6. The Labute approximate surface area is 210 Å². The summed E-state index contributed by atoms with van der Waals surface area (Å²) < 4.78 is 44.7. The first-order chi connectivity index (χ1) is 16.8. The third kappa shape index (κ3) is 7.46.